The maximum absolute atomic E-state index is 13.6. The lowest BCUT2D eigenvalue weighted by Gasteiger charge is -2.43. The summed E-state index contributed by atoms with van der Waals surface area (Å²) in [4.78, 5) is 10.4. The molecule has 24 heteroatoms. The van der Waals surface area contributed by atoms with E-state index in [0.29, 0.717) is 6.92 Å². The number of carbonyl (C=O) groups is 1. The van der Waals surface area contributed by atoms with Crippen LogP contribution in [0.3, 0.4) is 0 Å². The van der Waals surface area contributed by atoms with Gasteiger partial charge in [0.2, 0.25) is 0 Å². The molecule has 0 aliphatic rings. The molecule has 0 spiro atoms. The van der Waals surface area contributed by atoms with E-state index in [2.05, 4.69) is 4.74 Å². The van der Waals surface area contributed by atoms with Crippen molar-refractivity contribution in [3.05, 3.63) is 0 Å². The molecule has 0 aromatic heterocycles. The molecule has 0 unspecified atom stereocenters. The molecule has 0 rings (SSSR count). The van der Waals surface area contributed by atoms with Gasteiger partial charge in [0.05, 0.1) is 6.61 Å². The smallest absolute Gasteiger partial charge is 0.466 e. The quantitative estimate of drug-likeness (QED) is 0.119. The van der Waals surface area contributed by atoms with Crippen LogP contribution >= 0.6 is 0 Å². The second-order valence-corrected chi connectivity index (χ2v) is 7.23. The Kier molecular flexibility index (Phi) is 9.57. The predicted molar refractivity (Wildman–Crippen MR) is 77.5 cm³/mol. The maximum Gasteiger partial charge on any atom is 0.483 e. The Balaban J connectivity index is 6.63. The van der Waals surface area contributed by atoms with E-state index in [1.54, 1.807) is 0 Å². The Hall–Kier alpha value is -2.04. The maximum atomic E-state index is 13.6. The van der Waals surface area contributed by atoms with Crippen molar-refractivity contribution in [1.82, 2.24) is 0 Å². The molecular formula is C15H9F21O3. The number of esters is 1. The molecule has 0 bridgehead atoms. The lowest BCUT2D eigenvalue weighted by atomic mass is 9.88. The highest BCUT2D eigenvalue weighted by molar-refractivity contribution is 5.65. The van der Waals surface area contributed by atoms with Gasteiger partial charge in [0.15, 0.2) is 0 Å². The minimum atomic E-state index is -9.05. The molecular weight excluding hydrogens is 627 g/mol. The summed E-state index contributed by atoms with van der Waals surface area (Å²) in [5.41, 5.74) is 0. The van der Waals surface area contributed by atoms with Crippen molar-refractivity contribution in [2.45, 2.75) is 79.6 Å². The van der Waals surface area contributed by atoms with E-state index in [-0.39, 0.29) is 0 Å². The summed E-state index contributed by atoms with van der Waals surface area (Å²) in [6.07, 6.45) is -27.9. The average Bonchev–Trinajstić information content (AvgIpc) is 2.68. The van der Waals surface area contributed by atoms with Gasteiger partial charge in [0, 0.05) is 13.3 Å². The number of hydrogen-bond acceptors (Lipinski definition) is 3. The molecule has 0 atom stereocenters. The highest BCUT2D eigenvalue weighted by Gasteiger charge is 2.95. The molecule has 0 saturated carbocycles. The van der Waals surface area contributed by atoms with E-state index in [9.17, 15) is 97.0 Å². The SMILES string of the molecule is CC(=O)OCCCC(F)(F)C(F)(F)C(F)(F)C(F)(F)C(F)(F)C(F)(F)C(F)(F)C(F)(F)OC(F)(F)C(F)(F)F. The van der Waals surface area contributed by atoms with Gasteiger partial charge in [-0.1, -0.05) is 0 Å². The Bertz CT molecular complexity index is 874. The predicted octanol–water partition coefficient (Wildman–Crippen LogP) is 7.54. The van der Waals surface area contributed by atoms with Crippen molar-refractivity contribution in [2.24, 2.45) is 0 Å². The van der Waals surface area contributed by atoms with Crippen molar-refractivity contribution in [2.75, 3.05) is 6.61 Å². The molecule has 0 aliphatic carbocycles. The third kappa shape index (κ3) is 5.88. The molecule has 3 nitrogen and oxygen atoms in total. The summed E-state index contributed by atoms with van der Waals surface area (Å²) in [7, 11) is 0. The molecule has 39 heavy (non-hydrogen) atoms. The Labute approximate surface area is 200 Å². The van der Waals surface area contributed by atoms with E-state index in [0.717, 1.165) is 4.74 Å². The highest BCUT2D eigenvalue weighted by atomic mass is 19.4. The number of hydrogen-bond donors (Lipinski definition) is 0. The molecule has 0 heterocycles. The Morgan fingerprint density at radius 2 is 0.846 bits per heavy atom. The second kappa shape index (κ2) is 10.1. The molecule has 0 saturated heterocycles. The molecule has 0 aliphatic heterocycles. The van der Waals surface area contributed by atoms with Crippen molar-refractivity contribution < 1.29 is 106 Å². The van der Waals surface area contributed by atoms with Crippen LogP contribution in [0.15, 0.2) is 0 Å². The minimum Gasteiger partial charge on any atom is -0.466 e. The molecule has 0 aromatic rings. The third-order valence-corrected chi connectivity index (χ3v) is 4.32. The normalized spacial score (nSPS) is 15.9. The monoisotopic (exact) mass is 636 g/mol. The summed E-state index contributed by atoms with van der Waals surface area (Å²) in [5, 5.41) is 0. The molecule has 234 valence electrons. The van der Waals surface area contributed by atoms with Gasteiger partial charge in [-0.15, -0.1) is 0 Å². The van der Waals surface area contributed by atoms with Crippen LogP contribution in [0.1, 0.15) is 19.8 Å². The fourth-order valence-electron chi connectivity index (χ4n) is 2.15. The lowest BCUT2D eigenvalue weighted by molar-refractivity contribution is -0.519. The molecule has 0 N–H and O–H groups in total. The van der Waals surface area contributed by atoms with Gasteiger partial charge in [0.25, 0.3) is 0 Å². The zero-order valence-corrected chi connectivity index (χ0v) is 17.8. The minimum absolute atomic E-state index is 0.568. The first-order valence-corrected chi connectivity index (χ1v) is 8.93. The number of carbonyl (C=O) groups excluding carboxylic acids is 1. The van der Waals surface area contributed by atoms with Gasteiger partial charge >= 0.3 is 65.8 Å². The number of rotatable bonds is 13. The number of alkyl halides is 21. The van der Waals surface area contributed by atoms with E-state index in [1.165, 1.54) is 0 Å². The van der Waals surface area contributed by atoms with Crippen molar-refractivity contribution in [1.29, 1.82) is 0 Å². The van der Waals surface area contributed by atoms with Crippen molar-refractivity contribution in [3.63, 3.8) is 0 Å². The van der Waals surface area contributed by atoms with Gasteiger partial charge in [0.1, 0.15) is 0 Å². The topological polar surface area (TPSA) is 35.5 Å². The first-order valence-electron chi connectivity index (χ1n) is 8.93. The van der Waals surface area contributed by atoms with Crippen LogP contribution in [0.4, 0.5) is 92.2 Å². The molecule has 0 radical (unpaired) electrons. The van der Waals surface area contributed by atoms with Crippen LogP contribution < -0.4 is 0 Å². The van der Waals surface area contributed by atoms with E-state index < -0.39 is 85.3 Å². The Morgan fingerprint density at radius 3 is 1.18 bits per heavy atom. The van der Waals surface area contributed by atoms with Crippen molar-refractivity contribution >= 4 is 5.97 Å². The summed E-state index contributed by atoms with van der Waals surface area (Å²) in [6, 6.07) is 0. The number of halogens is 21. The summed E-state index contributed by atoms with van der Waals surface area (Å²) < 4.78 is 281. The third-order valence-electron chi connectivity index (χ3n) is 4.32. The standard InChI is InChI=1S/C15H9F21O3/c1-5(37)38-4-2-3-6(16,17)7(18,19)8(20,21)9(22,23)10(24,25)11(26,27)12(28,29)14(33,34)39-15(35,36)13(30,31)32/h2-4H2,1H3. The average molecular weight is 636 g/mol. The zero-order valence-electron chi connectivity index (χ0n) is 17.8. The van der Waals surface area contributed by atoms with Crippen LogP contribution in [0.5, 0.6) is 0 Å². The zero-order chi connectivity index (χ0) is 32.1. The summed E-state index contributed by atoms with van der Waals surface area (Å²) in [5.74, 6) is -60.3. The first kappa shape index (κ1) is 37.0. The summed E-state index contributed by atoms with van der Waals surface area (Å²) >= 11 is 0. The number of ether oxygens (including phenoxy) is 2. The lowest BCUT2D eigenvalue weighted by Crippen LogP contribution is -2.75. The van der Waals surface area contributed by atoms with Gasteiger partial charge in [-0.05, 0) is 6.42 Å². The fraction of sp³-hybridized carbons (Fsp3) is 0.933. The van der Waals surface area contributed by atoms with Crippen LogP contribution in [-0.4, -0.2) is 72.4 Å². The van der Waals surface area contributed by atoms with Crippen molar-refractivity contribution in [3.8, 4) is 0 Å². The second-order valence-electron chi connectivity index (χ2n) is 7.23. The van der Waals surface area contributed by atoms with E-state index in [1.807, 2.05) is 0 Å². The van der Waals surface area contributed by atoms with Gasteiger partial charge in [-0.3, -0.25) is 4.79 Å². The molecule has 0 amide bonds. The first-order chi connectivity index (χ1) is 16.6. The van der Waals surface area contributed by atoms with Crippen LogP contribution in [0, 0.1) is 0 Å². The largest absolute Gasteiger partial charge is 0.483 e. The van der Waals surface area contributed by atoms with Crippen LogP contribution in [-0.2, 0) is 14.3 Å². The highest BCUT2D eigenvalue weighted by Crippen LogP contribution is 2.64. The van der Waals surface area contributed by atoms with E-state index in [4.69, 9.17) is 0 Å². The molecule has 0 fully saturated rings. The fourth-order valence-corrected chi connectivity index (χ4v) is 2.15. The van der Waals surface area contributed by atoms with Crippen LogP contribution in [0.25, 0.3) is 0 Å². The van der Waals surface area contributed by atoms with Gasteiger partial charge in [-0.2, -0.15) is 92.2 Å². The summed E-state index contributed by atoms with van der Waals surface area (Å²) in [6.45, 7) is -0.778. The molecule has 0 aromatic carbocycles. The van der Waals surface area contributed by atoms with Gasteiger partial charge < -0.3 is 4.74 Å². The Morgan fingerprint density at radius 1 is 0.513 bits per heavy atom. The van der Waals surface area contributed by atoms with Crippen LogP contribution in [0.2, 0.25) is 0 Å². The van der Waals surface area contributed by atoms with E-state index >= 15 is 0 Å². The van der Waals surface area contributed by atoms with Gasteiger partial charge in [-0.25, -0.2) is 4.74 Å².